The third-order valence-electron chi connectivity index (χ3n) is 5.06. The zero-order valence-electron chi connectivity index (χ0n) is 18.6. The van der Waals surface area contributed by atoms with Gasteiger partial charge >= 0.3 is 0 Å². The van der Waals surface area contributed by atoms with E-state index < -0.39 is 6.04 Å². The van der Waals surface area contributed by atoms with Crippen molar-refractivity contribution >= 4 is 39.5 Å². The quantitative estimate of drug-likeness (QED) is 0.464. The van der Waals surface area contributed by atoms with Gasteiger partial charge in [-0.05, 0) is 55.7 Å². The van der Waals surface area contributed by atoms with Gasteiger partial charge in [0.2, 0.25) is 11.8 Å². The molecule has 0 aromatic heterocycles. The largest absolute Gasteiger partial charge is 0.497 e. The highest BCUT2D eigenvalue weighted by atomic mass is 79.9. The first-order chi connectivity index (χ1) is 14.8. The summed E-state index contributed by atoms with van der Waals surface area (Å²) in [4.78, 5) is 27.5. The smallest absolute Gasteiger partial charge is 0.242 e. The van der Waals surface area contributed by atoms with Crippen molar-refractivity contribution in [3.05, 3.63) is 64.1 Å². The predicted molar refractivity (Wildman–Crippen MR) is 131 cm³/mol. The molecule has 0 fully saturated rings. The van der Waals surface area contributed by atoms with E-state index in [4.69, 9.17) is 4.74 Å². The van der Waals surface area contributed by atoms with Gasteiger partial charge in [0.05, 0.1) is 12.9 Å². The Morgan fingerprint density at radius 2 is 1.84 bits per heavy atom. The molecule has 7 heteroatoms. The van der Waals surface area contributed by atoms with Gasteiger partial charge in [-0.1, -0.05) is 47.1 Å². The van der Waals surface area contributed by atoms with Gasteiger partial charge in [-0.15, -0.1) is 11.8 Å². The maximum atomic E-state index is 13.1. The van der Waals surface area contributed by atoms with Crippen molar-refractivity contribution in [2.75, 3.05) is 12.9 Å². The highest BCUT2D eigenvalue weighted by Gasteiger charge is 2.26. The van der Waals surface area contributed by atoms with Gasteiger partial charge in [0.25, 0.3) is 0 Å². The lowest BCUT2D eigenvalue weighted by Gasteiger charge is -2.29. The van der Waals surface area contributed by atoms with Crippen LogP contribution < -0.4 is 10.1 Å². The summed E-state index contributed by atoms with van der Waals surface area (Å²) >= 11 is 4.99. The van der Waals surface area contributed by atoms with E-state index in [-0.39, 0.29) is 17.9 Å². The standard InChI is InChI=1S/C24H31BrN2O3S/c1-5-17(2)26-24(29)18(3)27(14-20-7-6-8-22(13-20)30-4)23(28)16-31-15-19-9-11-21(25)12-10-19/h6-13,17-18H,5,14-16H2,1-4H3,(H,26,29)/t17-,18+/m1/s1. The highest BCUT2D eigenvalue weighted by molar-refractivity contribution is 9.10. The maximum Gasteiger partial charge on any atom is 0.242 e. The normalized spacial score (nSPS) is 12.7. The lowest BCUT2D eigenvalue weighted by molar-refractivity contribution is -0.138. The number of carbonyl (C=O) groups is 2. The van der Waals surface area contributed by atoms with Crippen molar-refractivity contribution in [3.63, 3.8) is 0 Å². The highest BCUT2D eigenvalue weighted by Crippen LogP contribution is 2.19. The molecular weight excluding hydrogens is 476 g/mol. The van der Waals surface area contributed by atoms with Crippen LogP contribution in [0.3, 0.4) is 0 Å². The molecule has 1 N–H and O–H groups in total. The molecular formula is C24H31BrN2O3S. The van der Waals surface area contributed by atoms with E-state index >= 15 is 0 Å². The number of nitrogens with zero attached hydrogens (tertiary/aromatic N) is 1. The first kappa shape index (κ1) is 25.3. The summed E-state index contributed by atoms with van der Waals surface area (Å²) in [5.41, 5.74) is 2.08. The molecule has 0 saturated heterocycles. The van der Waals surface area contributed by atoms with Crippen LogP contribution in [0.15, 0.2) is 53.0 Å². The zero-order valence-corrected chi connectivity index (χ0v) is 21.0. The number of methoxy groups -OCH3 is 1. The summed E-state index contributed by atoms with van der Waals surface area (Å²) in [6.07, 6.45) is 0.839. The molecule has 0 unspecified atom stereocenters. The van der Waals surface area contributed by atoms with E-state index in [0.29, 0.717) is 12.3 Å². The maximum absolute atomic E-state index is 13.1. The second-order valence-electron chi connectivity index (χ2n) is 7.49. The molecule has 168 valence electrons. The average Bonchev–Trinajstić information content (AvgIpc) is 2.78. The Kier molecular flexibility index (Phi) is 10.4. The summed E-state index contributed by atoms with van der Waals surface area (Å²) in [6, 6.07) is 15.2. The Morgan fingerprint density at radius 1 is 1.13 bits per heavy atom. The summed E-state index contributed by atoms with van der Waals surface area (Å²) in [7, 11) is 1.61. The zero-order chi connectivity index (χ0) is 22.8. The van der Waals surface area contributed by atoms with Crippen LogP contribution in [-0.2, 0) is 21.9 Å². The first-order valence-corrected chi connectivity index (χ1v) is 12.3. The molecule has 2 rings (SSSR count). The minimum atomic E-state index is -0.569. The lowest BCUT2D eigenvalue weighted by Crippen LogP contribution is -2.50. The topological polar surface area (TPSA) is 58.6 Å². The van der Waals surface area contributed by atoms with Crippen LogP contribution in [-0.4, -0.2) is 41.7 Å². The molecule has 0 aliphatic heterocycles. The van der Waals surface area contributed by atoms with E-state index in [1.807, 2.05) is 62.4 Å². The molecule has 5 nitrogen and oxygen atoms in total. The number of rotatable bonds is 11. The third-order valence-corrected chi connectivity index (χ3v) is 6.58. The number of nitrogens with one attached hydrogen (secondary N) is 1. The van der Waals surface area contributed by atoms with Crippen molar-refractivity contribution < 1.29 is 14.3 Å². The second-order valence-corrected chi connectivity index (χ2v) is 9.39. The average molecular weight is 507 g/mol. The van der Waals surface area contributed by atoms with Gasteiger partial charge in [0, 0.05) is 22.8 Å². The summed E-state index contributed by atoms with van der Waals surface area (Å²) in [6.45, 7) is 6.12. The van der Waals surface area contributed by atoms with Crippen molar-refractivity contribution in [2.45, 2.75) is 51.6 Å². The fraction of sp³-hybridized carbons (Fsp3) is 0.417. The Morgan fingerprint density at radius 3 is 2.48 bits per heavy atom. The molecule has 0 bridgehead atoms. The number of amides is 2. The molecule has 0 radical (unpaired) electrons. The number of thioether (sulfide) groups is 1. The first-order valence-electron chi connectivity index (χ1n) is 10.4. The molecule has 0 saturated carbocycles. The van der Waals surface area contributed by atoms with Crippen molar-refractivity contribution in [1.82, 2.24) is 10.2 Å². The Labute approximate surface area is 198 Å². The van der Waals surface area contributed by atoms with Gasteiger partial charge in [-0.2, -0.15) is 0 Å². The summed E-state index contributed by atoms with van der Waals surface area (Å²) < 4.78 is 6.33. The molecule has 0 heterocycles. The van der Waals surface area contributed by atoms with Crippen LogP contribution in [0.1, 0.15) is 38.3 Å². The van der Waals surface area contributed by atoms with Crippen LogP contribution in [0.2, 0.25) is 0 Å². The van der Waals surface area contributed by atoms with E-state index in [1.54, 1.807) is 30.7 Å². The molecule has 2 amide bonds. The molecule has 2 aromatic rings. The number of ether oxygens (including phenoxy) is 1. The van der Waals surface area contributed by atoms with E-state index in [2.05, 4.69) is 21.2 Å². The Bertz CT molecular complexity index is 860. The van der Waals surface area contributed by atoms with Crippen molar-refractivity contribution in [2.24, 2.45) is 0 Å². The van der Waals surface area contributed by atoms with Crippen molar-refractivity contribution in [3.8, 4) is 5.75 Å². The molecule has 0 aliphatic carbocycles. The monoisotopic (exact) mass is 506 g/mol. The van der Waals surface area contributed by atoms with E-state index in [9.17, 15) is 9.59 Å². The van der Waals surface area contributed by atoms with Crippen LogP contribution in [0.4, 0.5) is 0 Å². The predicted octanol–water partition coefficient (Wildman–Crippen LogP) is 5.02. The molecule has 0 aliphatic rings. The number of hydrogen-bond donors (Lipinski definition) is 1. The van der Waals surface area contributed by atoms with Crippen molar-refractivity contribution in [1.29, 1.82) is 0 Å². The lowest BCUT2D eigenvalue weighted by atomic mass is 10.1. The SMILES string of the molecule is CC[C@@H](C)NC(=O)[C@H](C)N(Cc1cccc(OC)c1)C(=O)CSCc1ccc(Br)cc1. The van der Waals surface area contributed by atoms with Gasteiger partial charge in [-0.25, -0.2) is 0 Å². The number of halogens is 1. The van der Waals surface area contributed by atoms with E-state index in [1.165, 1.54) is 0 Å². The van der Waals surface area contributed by atoms with Crippen LogP contribution in [0.5, 0.6) is 5.75 Å². The molecule has 31 heavy (non-hydrogen) atoms. The fourth-order valence-electron chi connectivity index (χ4n) is 2.94. The van der Waals surface area contributed by atoms with Gasteiger partial charge in [-0.3, -0.25) is 9.59 Å². The van der Waals surface area contributed by atoms with Gasteiger partial charge < -0.3 is 15.0 Å². The second kappa shape index (κ2) is 12.8. The number of carbonyl (C=O) groups excluding carboxylic acids is 2. The number of benzene rings is 2. The van der Waals surface area contributed by atoms with Crippen LogP contribution in [0, 0.1) is 0 Å². The van der Waals surface area contributed by atoms with E-state index in [0.717, 1.165) is 33.5 Å². The van der Waals surface area contributed by atoms with Gasteiger partial charge in [0.1, 0.15) is 11.8 Å². The summed E-state index contributed by atoms with van der Waals surface area (Å²) in [5.74, 6) is 1.58. The molecule has 0 spiro atoms. The minimum Gasteiger partial charge on any atom is -0.497 e. The Balaban J connectivity index is 2.09. The molecule has 2 atom stereocenters. The Hall–Kier alpha value is -1.99. The minimum absolute atomic E-state index is 0.0586. The third kappa shape index (κ3) is 8.22. The van der Waals surface area contributed by atoms with Gasteiger partial charge in [0.15, 0.2) is 0 Å². The van der Waals surface area contributed by atoms with Crippen LogP contribution in [0.25, 0.3) is 0 Å². The fourth-order valence-corrected chi connectivity index (χ4v) is 4.07. The summed E-state index contributed by atoms with van der Waals surface area (Å²) in [5, 5.41) is 2.99. The van der Waals surface area contributed by atoms with Crippen LogP contribution >= 0.6 is 27.7 Å². The molecule has 2 aromatic carbocycles. The number of hydrogen-bond acceptors (Lipinski definition) is 4.